The van der Waals surface area contributed by atoms with Gasteiger partial charge >= 0.3 is 0 Å². The molecule has 0 bridgehead atoms. The van der Waals surface area contributed by atoms with Crippen molar-refractivity contribution in [1.82, 2.24) is 20.0 Å². The molecule has 2 fully saturated rings. The SMILES string of the molecule is COc1ccc(N2CCN(CCCNC(=O)C3CCN(c4cnn(C)c(=O)c4)CC3)CC2)cc1. The highest BCUT2D eigenvalue weighted by Gasteiger charge is 2.25. The first-order valence-electron chi connectivity index (χ1n) is 12.2. The van der Waals surface area contributed by atoms with Crippen LogP contribution >= 0.6 is 0 Å². The maximum absolute atomic E-state index is 12.6. The minimum Gasteiger partial charge on any atom is -0.497 e. The van der Waals surface area contributed by atoms with Crippen LogP contribution in [0.1, 0.15) is 19.3 Å². The Kier molecular flexibility index (Phi) is 8.05. The van der Waals surface area contributed by atoms with E-state index < -0.39 is 0 Å². The smallest absolute Gasteiger partial charge is 0.268 e. The number of nitrogens with one attached hydrogen (secondary N) is 1. The van der Waals surface area contributed by atoms with E-state index in [4.69, 9.17) is 4.74 Å². The fourth-order valence-electron chi connectivity index (χ4n) is 4.71. The monoisotopic (exact) mass is 468 g/mol. The normalized spacial score (nSPS) is 17.6. The third-order valence-corrected chi connectivity index (χ3v) is 6.94. The van der Waals surface area contributed by atoms with Gasteiger partial charge in [0, 0.05) is 70.5 Å². The Hall–Kier alpha value is -3.07. The van der Waals surface area contributed by atoms with Gasteiger partial charge in [-0.3, -0.25) is 14.5 Å². The van der Waals surface area contributed by atoms with Crippen LogP contribution in [0.25, 0.3) is 0 Å². The van der Waals surface area contributed by atoms with Crippen LogP contribution in [0.3, 0.4) is 0 Å². The van der Waals surface area contributed by atoms with Crippen molar-refractivity contribution in [3.8, 4) is 5.75 Å². The first-order valence-corrected chi connectivity index (χ1v) is 12.2. The molecule has 1 N–H and O–H groups in total. The minimum atomic E-state index is -0.112. The molecule has 3 heterocycles. The Labute approximate surface area is 201 Å². The highest BCUT2D eigenvalue weighted by molar-refractivity contribution is 5.79. The second-order valence-corrected chi connectivity index (χ2v) is 9.11. The fourth-order valence-corrected chi connectivity index (χ4v) is 4.71. The molecule has 2 aromatic rings. The van der Waals surface area contributed by atoms with E-state index >= 15 is 0 Å². The summed E-state index contributed by atoms with van der Waals surface area (Å²) in [6.07, 6.45) is 4.29. The van der Waals surface area contributed by atoms with E-state index in [2.05, 4.69) is 37.2 Å². The van der Waals surface area contributed by atoms with Gasteiger partial charge in [0.25, 0.3) is 5.56 Å². The first-order chi connectivity index (χ1) is 16.5. The third kappa shape index (κ3) is 6.08. The summed E-state index contributed by atoms with van der Waals surface area (Å²) in [5.41, 5.74) is 1.97. The average molecular weight is 469 g/mol. The Morgan fingerprint density at radius 3 is 2.35 bits per heavy atom. The quantitative estimate of drug-likeness (QED) is 0.586. The van der Waals surface area contributed by atoms with Crippen molar-refractivity contribution in [3.63, 3.8) is 0 Å². The molecule has 0 atom stereocenters. The number of carbonyl (C=O) groups is 1. The number of anilines is 2. The molecule has 0 radical (unpaired) electrons. The molecule has 0 unspecified atom stereocenters. The molecule has 9 nitrogen and oxygen atoms in total. The molecular formula is C25H36N6O3. The summed E-state index contributed by atoms with van der Waals surface area (Å²) in [5, 5.41) is 7.23. The summed E-state index contributed by atoms with van der Waals surface area (Å²) >= 11 is 0. The molecule has 0 aliphatic carbocycles. The lowest BCUT2D eigenvalue weighted by Gasteiger charge is -2.36. The molecule has 1 amide bonds. The zero-order chi connectivity index (χ0) is 23.9. The van der Waals surface area contributed by atoms with Gasteiger partial charge in [-0.2, -0.15) is 5.10 Å². The lowest BCUT2D eigenvalue weighted by molar-refractivity contribution is -0.125. The van der Waals surface area contributed by atoms with Gasteiger partial charge in [-0.1, -0.05) is 0 Å². The van der Waals surface area contributed by atoms with E-state index in [-0.39, 0.29) is 17.4 Å². The van der Waals surface area contributed by atoms with Gasteiger partial charge in [0.1, 0.15) is 5.75 Å². The van der Waals surface area contributed by atoms with E-state index in [1.165, 1.54) is 10.4 Å². The van der Waals surface area contributed by atoms with Gasteiger partial charge in [0.05, 0.1) is 19.0 Å². The van der Waals surface area contributed by atoms with Crippen LogP contribution < -0.4 is 25.4 Å². The number of hydrogen-bond acceptors (Lipinski definition) is 7. The van der Waals surface area contributed by atoms with Crippen LogP contribution in [-0.4, -0.2) is 80.1 Å². The van der Waals surface area contributed by atoms with Crippen LogP contribution in [0.5, 0.6) is 5.75 Å². The summed E-state index contributed by atoms with van der Waals surface area (Å²) in [6.45, 7) is 7.37. The Morgan fingerprint density at radius 1 is 1.03 bits per heavy atom. The molecule has 9 heteroatoms. The highest BCUT2D eigenvalue weighted by Crippen LogP contribution is 2.22. The molecule has 2 aliphatic heterocycles. The predicted octanol–water partition coefficient (Wildman–Crippen LogP) is 1.33. The largest absolute Gasteiger partial charge is 0.497 e. The van der Waals surface area contributed by atoms with Crippen molar-refractivity contribution < 1.29 is 9.53 Å². The number of nitrogens with zero attached hydrogens (tertiary/aromatic N) is 5. The number of piperidine rings is 1. The van der Waals surface area contributed by atoms with Crippen molar-refractivity contribution in [3.05, 3.63) is 46.9 Å². The lowest BCUT2D eigenvalue weighted by Crippen LogP contribution is -2.47. The Morgan fingerprint density at radius 2 is 1.71 bits per heavy atom. The predicted molar refractivity (Wildman–Crippen MR) is 134 cm³/mol. The van der Waals surface area contributed by atoms with Crippen LogP contribution in [-0.2, 0) is 11.8 Å². The van der Waals surface area contributed by atoms with Gasteiger partial charge in [-0.25, -0.2) is 4.68 Å². The number of hydrogen-bond donors (Lipinski definition) is 1. The molecule has 1 aromatic carbocycles. The fraction of sp³-hybridized carbons (Fsp3) is 0.560. The van der Waals surface area contributed by atoms with Gasteiger partial charge in [-0.15, -0.1) is 0 Å². The Bertz CT molecular complexity index is 992. The first kappa shape index (κ1) is 24.1. The number of aryl methyl sites for hydroxylation is 1. The summed E-state index contributed by atoms with van der Waals surface area (Å²) in [7, 11) is 3.33. The molecule has 4 rings (SSSR count). The molecule has 0 saturated carbocycles. The number of carbonyl (C=O) groups excluding carboxylic acids is 1. The van der Waals surface area contributed by atoms with Crippen LogP contribution in [0, 0.1) is 5.92 Å². The van der Waals surface area contributed by atoms with E-state index in [1.54, 1.807) is 26.4 Å². The van der Waals surface area contributed by atoms with E-state index in [9.17, 15) is 9.59 Å². The highest BCUT2D eigenvalue weighted by atomic mass is 16.5. The number of aromatic nitrogens is 2. The van der Waals surface area contributed by atoms with Crippen molar-refractivity contribution >= 4 is 17.3 Å². The van der Waals surface area contributed by atoms with Gasteiger partial charge in [0.15, 0.2) is 0 Å². The van der Waals surface area contributed by atoms with Crippen molar-refractivity contribution in [2.24, 2.45) is 13.0 Å². The summed E-state index contributed by atoms with van der Waals surface area (Å²) in [6, 6.07) is 9.87. The average Bonchev–Trinajstić information content (AvgIpc) is 2.88. The lowest BCUT2D eigenvalue weighted by atomic mass is 9.95. The summed E-state index contributed by atoms with van der Waals surface area (Å²) in [4.78, 5) is 31.5. The maximum Gasteiger partial charge on any atom is 0.268 e. The molecule has 1 aromatic heterocycles. The van der Waals surface area contributed by atoms with E-state index in [0.29, 0.717) is 0 Å². The van der Waals surface area contributed by atoms with Gasteiger partial charge < -0.3 is 19.9 Å². The van der Waals surface area contributed by atoms with Crippen LogP contribution in [0.4, 0.5) is 11.4 Å². The number of rotatable bonds is 8. The number of ether oxygens (including phenoxy) is 1. The summed E-state index contributed by atoms with van der Waals surface area (Å²) < 4.78 is 6.57. The third-order valence-electron chi connectivity index (χ3n) is 6.94. The van der Waals surface area contributed by atoms with Gasteiger partial charge in [-0.05, 0) is 50.1 Å². The zero-order valence-corrected chi connectivity index (χ0v) is 20.3. The molecule has 2 aliphatic rings. The minimum absolute atomic E-state index is 0.0452. The van der Waals surface area contributed by atoms with Crippen LogP contribution in [0.2, 0.25) is 0 Å². The molecule has 0 spiro atoms. The topological polar surface area (TPSA) is 82.9 Å². The standard InChI is InChI=1S/C25H36N6O3/c1-28-24(32)18-22(19-27-28)30-12-8-20(9-13-30)25(33)26-10-3-11-29-14-16-31(17-15-29)21-4-6-23(34-2)7-5-21/h4-7,18-20H,3,8-17H2,1-2H3,(H,26,33). The Balaban J connectivity index is 1.11. The molecule has 34 heavy (non-hydrogen) atoms. The zero-order valence-electron chi connectivity index (χ0n) is 20.3. The molecular weight excluding hydrogens is 432 g/mol. The van der Waals surface area contributed by atoms with Crippen molar-refractivity contribution in [2.45, 2.75) is 19.3 Å². The van der Waals surface area contributed by atoms with Crippen molar-refractivity contribution in [1.29, 1.82) is 0 Å². The molecule has 184 valence electrons. The van der Waals surface area contributed by atoms with E-state index in [0.717, 1.165) is 83.1 Å². The van der Waals surface area contributed by atoms with E-state index in [1.807, 2.05) is 12.1 Å². The second kappa shape index (κ2) is 11.4. The number of methoxy groups -OCH3 is 1. The number of benzene rings is 1. The maximum atomic E-state index is 12.6. The van der Waals surface area contributed by atoms with Crippen LogP contribution in [0.15, 0.2) is 41.3 Å². The van der Waals surface area contributed by atoms with Gasteiger partial charge in [0.2, 0.25) is 5.91 Å². The van der Waals surface area contributed by atoms with Crippen molar-refractivity contribution in [2.75, 3.05) is 69.3 Å². The second-order valence-electron chi connectivity index (χ2n) is 9.11. The summed E-state index contributed by atoms with van der Waals surface area (Å²) in [5.74, 6) is 1.09. The number of piperazine rings is 1. The molecule has 2 saturated heterocycles. The number of amides is 1.